The second kappa shape index (κ2) is 14.1. The summed E-state index contributed by atoms with van der Waals surface area (Å²) in [5.74, 6) is -0.842. The normalized spacial score (nSPS) is 10.9. The standard InChI is InChI=1S/C21H26N2O4.C2H4O2.Mn/c1-21(2,13-22-11-15-7-5-9-17(26-3)19(15)24)14-23-12-16-8-6-10-18(27-4)20(16)25;1-2(3)4;/h5-12,24-25H,13-14H2,1-4H3;1H3,(H,3,4);/q;;+3/p-3. The second-order valence-electron chi connectivity index (χ2n) is 7.35. The van der Waals surface area contributed by atoms with Crippen molar-refractivity contribution in [2.45, 2.75) is 20.8 Å². The molecular formula is C23H27MnN2O6. The molecule has 0 bridgehead atoms. The fraction of sp³-hybridized carbons (Fsp3) is 0.348. The van der Waals surface area contributed by atoms with Crippen LogP contribution in [0.4, 0.5) is 0 Å². The van der Waals surface area contributed by atoms with E-state index in [1.54, 1.807) is 48.8 Å². The van der Waals surface area contributed by atoms with Gasteiger partial charge in [0.05, 0.1) is 14.2 Å². The molecule has 2 aromatic rings. The summed E-state index contributed by atoms with van der Waals surface area (Å²) in [6, 6.07) is 10.2. The third-order valence-corrected chi connectivity index (χ3v) is 3.96. The van der Waals surface area contributed by atoms with Gasteiger partial charge in [-0.25, -0.2) is 0 Å². The second-order valence-corrected chi connectivity index (χ2v) is 7.35. The first-order valence-corrected chi connectivity index (χ1v) is 9.46. The van der Waals surface area contributed by atoms with Gasteiger partial charge in [0, 0.05) is 36.9 Å². The number of methoxy groups -OCH3 is 2. The maximum absolute atomic E-state index is 12.1. The van der Waals surface area contributed by atoms with E-state index in [1.807, 2.05) is 13.8 Å². The number of aliphatic carboxylic acids is 1. The van der Waals surface area contributed by atoms with Crippen LogP contribution in [-0.4, -0.2) is 45.7 Å². The van der Waals surface area contributed by atoms with Crippen LogP contribution in [0.25, 0.3) is 0 Å². The van der Waals surface area contributed by atoms with Gasteiger partial charge in [-0.2, -0.15) is 0 Å². The Morgan fingerprint density at radius 3 is 1.56 bits per heavy atom. The van der Waals surface area contributed by atoms with Gasteiger partial charge < -0.3 is 29.6 Å². The molecule has 0 unspecified atom stereocenters. The maximum Gasteiger partial charge on any atom is 3.00 e. The number of carboxylic acids is 1. The van der Waals surface area contributed by atoms with Crippen LogP contribution >= 0.6 is 0 Å². The maximum atomic E-state index is 12.1. The topological polar surface area (TPSA) is 129 Å². The number of carbonyl (C=O) groups excluding carboxylic acids is 1. The molecule has 8 nitrogen and oxygen atoms in total. The molecule has 0 aromatic heterocycles. The number of benzene rings is 2. The number of carbonyl (C=O) groups is 1. The number of hydrogen-bond acceptors (Lipinski definition) is 8. The van der Waals surface area contributed by atoms with Crippen LogP contribution in [0.3, 0.4) is 0 Å². The quantitative estimate of drug-likeness (QED) is 0.410. The summed E-state index contributed by atoms with van der Waals surface area (Å²) >= 11 is 0. The minimum absolute atomic E-state index is 0. The molecule has 0 aliphatic carbocycles. The zero-order valence-electron chi connectivity index (χ0n) is 18.8. The molecule has 32 heavy (non-hydrogen) atoms. The first kappa shape index (κ1) is 29.0. The van der Waals surface area contributed by atoms with Crippen molar-refractivity contribution < 1.29 is 46.7 Å². The van der Waals surface area contributed by atoms with Gasteiger partial charge in [0.2, 0.25) is 0 Å². The molecule has 0 saturated carbocycles. The predicted octanol–water partition coefficient (Wildman–Crippen LogP) is 1.17. The van der Waals surface area contributed by atoms with Crippen molar-refractivity contribution in [3.63, 3.8) is 0 Å². The number of aliphatic imine (C=N–C) groups is 2. The van der Waals surface area contributed by atoms with Crippen molar-refractivity contribution in [1.29, 1.82) is 0 Å². The molecule has 0 heterocycles. The third-order valence-electron chi connectivity index (χ3n) is 3.96. The fourth-order valence-corrected chi connectivity index (χ4v) is 2.42. The zero-order chi connectivity index (χ0) is 23.4. The molecule has 0 spiro atoms. The van der Waals surface area contributed by atoms with E-state index >= 15 is 0 Å². The molecular weight excluding hydrogens is 455 g/mol. The largest absolute Gasteiger partial charge is 3.00 e. The number of rotatable bonds is 8. The van der Waals surface area contributed by atoms with Crippen LogP contribution in [0.5, 0.6) is 23.0 Å². The van der Waals surface area contributed by atoms with Crippen molar-refractivity contribution in [2.24, 2.45) is 15.4 Å². The van der Waals surface area contributed by atoms with Gasteiger partial charge in [-0.05, 0) is 30.2 Å². The number of nitrogens with zero attached hydrogens (tertiary/aromatic N) is 2. The van der Waals surface area contributed by atoms with Gasteiger partial charge in [0.1, 0.15) is 11.5 Å². The minimum Gasteiger partial charge on any atom is -0.870 e. The average Bonchev–Trinajstić information content (AvgIpc) is 2.70. The number of para-hydroxylation sites is 2. The molecule has 0 saturated heterocycles. The van der Waals surface area contributed by atoms with Crippen LogP contribution in [0.1, 0.15) is 31.9 Å². The van der Waals surface area contributed by atoms with E-state index in [2.05, 4.69) is 9.98 Å². The Hall–Kier alpha value is -3.03. The van der Waals surface area contributed by atoms with E-state index in [0.29, 0.717) is 35.7 Å². The van der Waals surface area contributed by atoms with E-state index in [0.717, 1.165) is 6.92 Å². The Morgan fingerprint density at radius 2 is 1.25 bits per heavy atom. The minimum atomic E-state index is -1.08. The predicted molar refractivity (Wildman–Crippen MR) is 114 cm³/mol. The van der Waals surface area contributed by atoms with Crippen molar-refractivity contribution >= 4 is 18.4 Å². The van der Waals surface area contributed by atoms with Crippen molar-refractivity contribution in [3.05, 3.63) is 47.5 Å². The van der Waals surface area contributed by atoms with E-state index < -0.39 is 5.97 Å². The molecule has 0 amide bonds. The third kappa shape index (κ3) is 9.85. The van der Waals surface area contributed by atoms with Crippen LogP contribution in [0.2, 0.25) is 0 Å². The summed E-state index contributed by atoms with van der Waals surface area (Å²) in [7, 11) is 2.93. The summed E-state index contributed by atoms with van der Waals surface area (Å²) in [4.78, 5) is 17.7. The number of hydrogen-bond donors (Lipinski definition) is 0. The fourth-order valence-electron chi connectivity index (χ4n) is 2.42. The van der Waals surface area contributed by atoms with E-state index in [-0.39, 0.29) is 34.0 Å². The van der Waals surface area contributed by atoms with Crippen LogP contribution < -0.4 is 24.8 Å². The van der Waals surface area contributed by atoms with Crippen molar-refractivity contribution in [3.8, 4) is 23.0 Å². The molecule has 2 aromatic carbocycles. The van der Waals surface area contributed by atoms with E-state index in [9.17, 15) is 10.2 Å². The van der Waals surface area contributed by atoms with E-state index in [4.69, 9.17) is 19.4 Å². The van der Waals surface area contributed by atoms with Gasteiger partial charge >= 0.3 is 17.1 Å². The van der Waals surface area contributed by atoms with E-state index in [1.165, 1.54) is 14.2 Å². The summed E-state index contributed by atoms with van der Waals surface area (Å²) < 4.78 is 10.1. The molecule has 172 valence electrons. The summed E-state index contributed by atoms with van der Waals surface area (Å²) in [6.45, 7) is 6.00. The zero-order valence-corrected chi connectivity index (χ0v) is 19.9. The Kier molecular flexibility index (Phi) is 12.8. The first-order chi connectivity index (χ1) is 14.6. The molecule has 0 fully saturated rings. The van der Waals surface area contributed by atoms with Gasteiger partial charge in [-0.15, -0.1) is 0 Å². The van der Waals surface area contributed by atoms with Gasteiger partial charge in [0.25, 0.3) is 0 Å². The SMILES string of the molecule is CC(=O)[O-].COc1cccc(C=NCC(C)(C)CN=Cc2cccc(OC)c2[O-])c1[O-].[Mn+3]. The first-order valence-electron chi connectivity index (χ1n) is 9.46. The van der Waals surface area contributed by atoms with Gasteiger partial charge in [-0.3, -0.25) is 9.98 Å². The average molecular weight is 482 g/mol. The molecule has 0 aliphatic heterocycles. The smallest absolute Gasteiger partial charge is 0.870 e. The van der Waals surface area contributed by atoms with Crippen molar-refractivity contribution in [1.82, 2.24) is 0 Å². The number of carboxylic acid groups (broad SMARTS) is 1. The number of ether oxygens (including phenoxy) is 2. The molecule has 9 heteroatoms. The molecule has 0 atom stereocenters. The van der Waals surface area contributed by atoms with Gasteiger partial charge in [0.15, 0.2) is 0 Å². The molecule has 2 rings (SSSR count). The Morgan fingerprint density at radius 1 is 0.906 bits per heavy atom. The monoisotopic (exact) mass is 482 g/mol. The van der Waals surface area contributed by atoms with Crippen LogP contribution in [-0.2, 0) is 21.9 Å². The van der Waals surface area contributed by atoms with Crippen LogP contribution in [0, 0.1) is 5.41 Å². The Balaban J connectivity index is 0.00000177. The van der Waals surface area contributed by atoms with Crippen LogP contribution in [0.15, 0.2) is 46.4 Å². The molecule has 0 aliphatic rings. The summed E-state index contributed by atoms with van der Waals surface area (Å²) in [5.41, 5.74) is 0.749. The Bertz CT molecular complexity index is 857. The Labute approximate surface area is 199 Å². The van der Waals surface area contributed by atoms with Crippen molar-refractivity contribution in [2.75, 3.05) is 27.3 Å². The summed E-state index contributed by atoms with van der Waals surface area (Å²) in [6.07, 6.45) is 3.13. The molecule has 0 radical (unpaired) electrons. The van der Waals surface area contributed by atoms with Gasteiger partial charge in [-0.1, -0.05) is 49.6 Å². The summed E-state index contributed by atoms with van der Waals surface area (Å²) in [5, 5.41) is 33.1. The molecule has 0 N–H and O–H groups in total.